The number of benzene rings is 2. The maximum Gasteiger partial charge on any atom is 0.121 e. The van der Waals surface area contributed by atoms with Crippen LogP contribution in [0, 0.1) is 11.3 Å². The Hall–Kier alpha value is -3.26. The van der Waals surface area contributed by atoms with Gasteiger partial charge in [-0.15, -0.1) is 0 Å². The molecule has 2 aromatic carbocycles. The number of anilines is 1. The molecule has 0 amide bonds. The lowest BCUT2D eigenvalue weighted by Gasteiger charge is -2.10. The summed E-state index contributed by atoms with van der Waals surface area (Å²) in [6.45, 7) is 1.13. The van der Waals surface area contributed by atoms with Crippen LogP contribution >= 0.6 is 0 Å². The van der Waals surface area contributed by atoms with E-state index in [1.165, 1.54) is 0 Å². The third-order valence-corrected chi connectivity index (χ3v) is 3.69. The molecule has 0 saturated carbocycles. The van der Waals surface area contributed by atoms with Crippen LogP contribution in [0.1, 0.15) is 16.8 Å². The van der Waals surface area contributed by atoms with E-state index >= 15 is 0 Å². The molecule has 1 aromatic heterocycles. The van der Waals surface area contributed by atoms with E-state index in [0.717, 1.165) is 22.7 Å². The Kier molecular flexibility index (Phi) is 4.78. The average Bonchev–Trinajstić information content (AvgIpc) is 3.04. The number of hydrogen-bond acceptors (Lipinski definition) is 4. The van der Waals surface area contributed by atoms with Crippen molar-refractivity contribution in [2.45, 2.75) is 13.2 Å². The summed E-state index contributed by atoms with van der Waals surface area (Å²) in [5, 5.41) is 12.3. The van der Waals surface area contributed by atoms with Gasteiger partial charge in [0.05, 0.1) is 30.2 Å². The normalized spacial score (nSPS) is 10.2. The third-order valence-electron chi connectivity index (χ3n) is 3.69. The molecule has 3 rings (SSSR count). The molecule has 0 radical (unpaired) electrons. The summed E-state index contributed by atoms with van der Waals surface area (Å²) in [6, 6.07) is 17.4. The fourth-order valence-electron chi connectivity index (χ4n) is 2.34. The van der Waals surface area contributed by atoms with Gasteiger partial charge in [-0.2, -0.15) is 5.26 Å². The van der Waals surface area contributed by atoms with Gasteiger partial charge in [-0.25, -0.2) is 4.98 Å². The van der Waals surface area contributed by atoms with E-state index in [1.54, 1.807) is 12.4 Å². The van der Waals surface area contributed by atoms with Crippen LogP contribution in [0.5, 0.6) is 5.75 Å². The summed E-state index contributed by atoms with van der Waals surface area (Å²) >= 11 is 0. The van der Waals surface area contributed by atoms with Crippen molar-refractivity contribution in [3.8, 4) is 11.8 Å². The van der Waals surface area contributed by atoms with Crippen LogP contribution in [0.15, 0.2) is 61.1 Å². The topological polar surface area (TPSA) is 62.9 Å². The fraction of sp³-hybridized carbons (Fsp3) is 0.158. The molecular weight excluding hydrogens is 300 g/mol. The van der Waals surface area contributed by atoms with Gasteiger partial charge in [0.15, 0.2) is 0 Å². The second-order valence-corrected chi connectivity index (χ2v) is 5.48. The monoisotopic (exact) mass is 318 g/mol. The van der Waals surface area contributed by atoms with Crippen molar-refractivity contribution in [3.63, 3.8) is 0 Å². The fourth-order valence-corrected chi connectivity index (χ4v) is 2.34. The highest BCUT2D eigenvalue weighted by atomic mass is 16.5. The molecule has 0 aliphatic rings. The van der Waals surface area contributed by atoms with Gasteiger partial charge >= 0.3 is 0 Å². The highest BCUT2D eigenvalue weighted by Gasteiger charge is 2.01. The molecule has 1 N–H and O–H groups in total. The van der Waals surface area contributed by atoms with Gasteiger partial charge in [0.25, 0.3) is 0 Å². The molecule has 0 unspecified atom stereocenters. The minimum Gasteiger partial charge on any atom is -0.489 e. The minimum absolute atomic E-state index is 0.431. The maximum atomic E-state index is 8.94. The molecule has 5 heteroatoms. The van der Waals surface area contributed by atoms with Gasteiger partial charge in [0, 0.05) is 25.0 Å². The average molecular weight is 318 g/mol. The summed E-state index contributed by atoms with van der Waals surface area (Å²) in [6.07, 6.45) is 3.63. The van der Waals surface area contributed by atoms with Crippen LogP contribution in [-0.4, -0.2) is 9.55 Å². The second kappa shape index (κ2) is 7.34. The van der Waals surface area contributed by atoms with Crippen molar-refractivity contribution in [2.75, 3.05) is 5.32 Å². The van der Waals surface area contributed by atoms with E-state index in [9.17, 15) is 0 Å². The predicted molar refractivity (Wildman–Crippen MR) is 92.5 cm³/mol. The summed E-state index contributed by atoms with van der Waals surface area (Å²) in [4.78, 5) is 4.10. The highest BCUT2D eigenvalue weighted by molar-refractivity contribution is 5.48. The number of aryl methyl sites for hydroxylation is 1. The molecule has 120 valence electrons. The smallest absolute Gasteiger partial charge is 0.121 e. The number of nitrogens with zero attached hydrogens (tertiary/aromatic N) is 3. The number of nitriles is 1. The molecule has 1 heterocycles. The Morgan fingerprint density at radius 3 is 2.88 bits per heavy atom. The summed E-state index contributed by atoms with van der Waals surface area (Å²) in [7, 11) is 1.97. The first-order valence-electron chi connectivity index (χ1n) is 7.65. The number of nitrogens with one attached hydrogen (secondary N) is 1. The van der Waals surface area contributed by atoms with E-state index in [4.69, 9.17) is 10.00 Å². The number of aromatic nitrogens is 2. The standard InChI is InChI=1S/C19H18N4O/c1-23-14-21-11-18(23)12-22-17-6-3-7-19(9-17)24-13-16-5-2-4-15(8-16)10-20/h2-9,11,14,22H,12-13H2,1H3. The van der Waals surface area contributed by atoms with Crippen LogP contribution in [-0.2, 0) is 20.2 Å². The molecule has 3 aromatic rings. The zero-order chi connectivity index (χ0) is 16.8. The Morgan fingerprint density at radius 1 is 1.21 bits per heavy atom. The molecule has 0 bridgehead atoms. The van der Waals surface area contributed by atoms with Crippen molar-refractivity contribution < 1.29 is 4.74 Å². The van der Waals surface area contributed by atoms with Crippen molar-refractivity contribution >= 4 is 5.69 Å². The van der Waals surface area contributed by atoms with Crippen molar-refractivity contribution in [1.82, 2.24) is 9.55 Å². The first-order chi connectivity index (χ1) is 11.7. The number of hydrogen-bond donors (Lipinski definition) is 1. The molecule has 5 nitrogen and oxygen atoms in total. The van der Waals surface area contributed by atoms with Crippen molar-refractivity contribution in [2.24, 2.45) is 7.05 Å². The van der Waals surface area contributed by atoms with Crippen LogP contribution in [0.3, 0.4) is 0 Å². The highest BCUT2D eigenvalue weighted by Crippen LogP contribution is 2.19. The van der Waals surface area contributed by atoms with Crippen molar-refractivity contribution in [3.05, 3.63) is 77.9 Å². The zero-order valence-corrected chi connectivity index (χ0v) is 13.4. The Labute approximate surface area is 141 Å². The lowest BCUT2D eigenvalue weighted by molar-refractivity contribution is 0.306. The third kappa shape index (κ3) is 3.93. The Morgan fingerprint density at radius 2 is 2.08 bits per heavy atom. The summed E-state index contributed by atoms with van der Waals surface area (Å²) in [5.41, 5.74) is 3.71. The van der Waals surface area contributed by atoms with E-state index < -0.39 is 0 Å². The van der Waals surface area contributed by atoms with Gasteiger partial charge in [-0.3, -0.25) is 0 Å². The van der Waals surface area contributed by atoms with Gasteiger partial charge in [-0.1, -0.05) is 18.2 Å². The molecule has 0 atom stereocenters. The Bertz CT molecular complexity index is 864. The summed E-state index contributed by atoms with van der Waals surface area (Å²) < 4.78 is 7.81. The lowest BCUT2D eigenvalue weighted by atomic mass is 10.1. The van der Waals surface area contributed by atoms with Crippen LogP contribution < -0.4 is 10.1 Å². The van der Waals surface area contributed by atoms with Crippen LogP contribution in [0.25, 0.3) is 0 Å². The van der Waals surface area contributed by atoms with E-state index in [1.807, 2.05) is 60.3 Å². The first kappa shape index (κ1) is 15.6. The van der Waals surface area contributed by atoms with Gasteiger partial charge in [-0.05, 0) is 29.8 Å². The molecule has 0 aliphatic heterocycles. The van der Waals surface area contributed by atoms with E-state index in [2.05, 4.69) is 16.4 Å². The molecule has 0 saturated heterocycles. The zero-order valence-electron chi connectivity index (χ0n) is 13.4. The largest absolute Gasteiger partial charge is 0.489 e. The molecule has 0 aliphatic carbocycles. The van der Waals surface area contributed by atoms with Crippen molar-refractivity contribution in [1.29, 1.82) is 5.26 Å². The minimum atomic E-state index is 0.431. The van der Waals surface area contributed by atoms with Crippen LogP contribution in [0.2, 0.25) is 0 Å². The number of imidazole rings is 1. The second-order valence-electron chi connectivity index (χ2n) is 5.48. The van der Waals surface area contributed by atoms with Gasteiger partial charge < -0.3 is 14.6 Å². The molecular formula is C19H18N4O. The summed E-state index contributed by atoms with van der Waals surface area (Å²) in [5.74, 6) is 0.785. The van der Waals surface area contributed by atoms with E-state index in [0.29, 0.717) is 18.7 Å². The predicted octanol–water partition coefficient (Wildman–Crippen LogP) is 3.48. The molecule has 0 fully saturated rings. The first-order valence-corrected chi connectivity index (χ1v) is 7.65. The van der Waals surface area contributed by atoms with Gasteiger partial charge in [0.2, 0.25) is 0 Å². The van der Waals surface area contributed by atoms with Gasteiger partial charge in [0.1, 0.15) is 12.4 Å². The van der Waals surface area contributed by atoms with E-state index in [-0.39, 0.29) is 0 Å². The number of ether oxygens (including phenoxy) is 1. The Balaban J connectivity index is 1.60. The molecule has 0 spiro atoms. The molecule has 24 heavy (non-hydrogen) atoms. The number of rotatable bonds is 6. The SMILES string of the molecule is Cn1cncc1CNc1cccc(OCc2cccc(C#N)c2)c1. The lowest BCUT2D eigenvalue weighted by Crippen LogP contribution is -2.04. The quantitative estimate of drug-likeness (QED) is 0.756. The van der Waals surface area contributed by atoms with Crippen LogP contribution in [0.4, 0.5) is 5.69 Å². The maximum absolute atomic E-state index is 8.94.